The maximum atomic E-state index is 13.3. The van der Waals surface area contributed by atoms with Crippen LogP contribution in [-0.2, 0) is 0 Å². The highest BCUT2D eigenvalue weighted by Gasteiger charge is 2.21. The number of hydrogen-bond acceptors (Lipinski definition) is 3. The molecule has 0 fully saturated rings. The highest BCUT2D eigenvalue weighted by Crippen LogP contribution is 2.28. The van der Waals surface area contributed by atoms with Crippen molar-refractivity contribution >= 4 is 23.2 Å². The Balaban J connectivity index is 2.04. The fourth-order valence-corrected chi connectivity index (χ4v) is 2.68. The first-order valence-corrected chi connectivity index (χ1v) is 6.88. The number of carbonyl (C=O) groups excluding carboxylic acids is 1. The standard InChI is InChI=1S/C15H11FO2S/c16-12-1-2-14-13(8-12)15(17)11(3-5-18-14)7-10-4-6-19-9-10/h1-2,4,6-9H,3,5H2. The number of fused-ring (bicyclic) bond motifs is 1. The molecule has 1 aromatic heterocycles. The van der Waals surface area contributed by atoms with Crippen molar-refractivity contribution in [2.75, 3.05) is 6.61 Å². The van der Waals surface area contributed by atoms with E-state index in [0.29, 0.717) is 29.9 Å². The molecule has 0 saturated carbocycles. The molecule has 0 radical (unpaired) electrons. The lowest BCUT2D eigenvalue weighted by Gasteiger charge is -2.04. The van der Waals surface area contributed by atoms with Gasteiger partial charge in [0.15, 0.2) is 5.78 Å². The van der Waals surface area contributed by atoms with Gasteiger partial charge in [0.1, 0.15) is 11.6 Å². The molecule has 1 aliphatic heterocycles. The summed E-state index contributed by atoms with van der Waals surface area (Å²) in [6, 6.07) is 6.00. The van der Waals surface area contributed by atoms with Gasteiger partial charge >= 0.3 is 0 Å². The van der Waals surface area contributed by atoms with E-state index in [-0.39, 0.29) is 5.78 Å². The second-order valence-corrected chi connectivity index (χ2v) is 5.07. The largest absolute Gasteiger partial charge is 0.492 e. The number of rotatable bonds is 1. The second-order valence-electron chi connectivity index (χ2n) is 4.29. The first-order valence-electron chi connectivity index (χ1n) is 5.94. The molecule has 3 rings (SSSR count). The monoisotopic (exact) mass is 274 g/mol. The van der Waals surface area contributed by atoms with E-state index >= 15 is 0 Å². The Morgan fingerprint density at radius 3 is 3.00 bits per heavy atom. The van der Waals surface area contributed by atoms with Gasteiger partial charge in [-0.15, -0.1) is 0 Å². The summed E-state index contributed by atoms with van der Waals surface area (Å²) in [5.41, 5.74) is 1.95. The average Bonchev–Trinajstić information content (AvgIpc) is 2.86. The summed E-state index contributed by atoms with van der Waals surface area (Å²) in [4.78, 5) is 12.4. The van der Waals surface area contributed by atoms with Crippen LogP contribution in [0.3, 0.4) is 0 Å². The van der Waals surface area contributed by atoms with E-state index in [1.807, 2.05) is 22.9 Å². The smallest absolute Gasteiger partial charge is 0.192 e. The second kappa shape index (κ2) is 4.97. The number of carbonyl (C=O) groups is 1. The Kier molecular flexibility index (Phi) is 3.17. The summed E-state index contributed by atoms with van der Waals surface area (Å²) in [7, 11) is 0. The summed E-state index contributed by atoms with van der Waals surface area (Å²) in [6.07, 6.45) is 2.38. The number of benzene rings is 1. The molecule has 0 N–H and O–H groups in total. The molecule has 2 heterocycles. The van der Waals surface area contributed by atoms with Crippen molar-refractivity contribution in [1.82, 2.24) is 0 Å². The van der Waals surface area contributed by atoms with E-state index in [2.05, 4.69) is 0 Å². The minimum atomic E-state index is -0.424. The third-order valence-corrected chi connectivity index (χ3v) is 3.69. The Labute approximate surface area is 114 Å². The van der Waals surface area contributed by atoms with E-state index < -0.39 is 5.82 Å². The molecule has 2 nitrogen and oxygen atoms in total. The van der Waals surface area contributed by atoms with Gasteiger partial charge in [-0.25, -0.2) is 4.39 Å². The van der Waals surface area contributed by atoms with Crippen LogP contribution in [0.15, 0.2) is 40.6 Å². The molecule has 0 amide bonds. The first kappa shape index (κ1) is 12.1. The Bertz CT molecular complexity index is 644. The van der Waals surface area contributed by atoms with Crippen LogP contribution < -0.4 is 4.74 Å². The number of Topliss-reactive ketones (excluding diaryl/α,β-unsaturated/α-hetero) is 1. The Hall–Kier alpha value is -1.94. The van der Waals surface area contributed by atoms with Crippen LogP contribution >= 0.6 is 11.3 Å². The van der Waals surface area contributed by atoms with Crippen molar-refractivity contribution < 1.29 is 13.9 Å². The van der Waals surface area contributed by atoms with Crippen LogP contribution in [-0.4, -0.2) is 12.4 Å². The number of ether oxygens (including phenoxy) is 1. The zero-order valence-electron chi connectivity index (χ0n) is 10.1. The van der Waals surface area contributed by atoms with E-state index in [4.69, 9.17) is 4.74 Å². The van der Waals surface area contributed by atoms with Crippen molar-refractivity contribution in [2.24, 2.45) is 0 Å². The van der Waals surface area contributed by atoms with Crippen LogP contribution in [0.1, 0.15) is 22.3 Å². The molecular formula is C15H11FO2S. The molecule has 1 aromatic carbocycles. The fraction of sp³-hybridized carbons (Fsp3) is 0.133. The van der Waals surface area contributed by atoms with Crippen molar-refractivity contribution in [1.29, 1.82) is 0 Å². The SMILES string of the molecule is O=C1C(=Cc2ccsc2)CCOc2ccc(F)cc21. The van der Waals surface area contributed by atoms with E-state index in [0.717, 1.165) is 5.56 Å². The zero-order chi connectivity index (χ0) is 13.2. The lowest BCUT2D eigenvalue weighted by Crippen LogP contribution is -2.02. The third-order valence-electron chi connectivity index (χ3n) is 2.99. The number of hydrogen-bond donors (Lipinski definition) is 0. The number of halogens is 1. The summed E-state index contributed by atoms with van der Waals surface area (Å²) in [6.45, 7) is 0.431. The Morgan fingerprint density at radius 1 is 1.32 bits per heavy atom. The minimum absolute atomic E-state index is 0.154. The number of thiophene rings is 1. The molecule has 0 atom stereocenters. The maximum absolute atomic E-state index is 13.3. The molecule has 0 saturated heterocycles. The quantitative estimate of drug-likeness (QED) is 0.736. The highest BCUT2D eigenvalue weighted by molar-refractivity contribution is 7.08. The van der Waals surface area contributed by atoms with Gasteiger partial charge in [-0.05, 0) is 46.7 Å². The summed E-state index contributed by atoms with van der Waals surface area (Å²) >= 11 is 1.58. The van der Waals surface area contributed by atoms with Gasteiger partial charge in [-0.3, -0.25) is 4.79 Å². The van der Waals surface area contributed by atoms with Crippen molar-refractivity contribution in [3.05, 3.63) is 57.5 Å². The predicted molar refractivity (Wildman–Crippen MR) is 73.1 cm³/mol. The van der Waals surface area contributed by atoms with E-state index in [9.17, 15) is 9.18 Å². The van der Waals surface area contributed by atoms with Crippen LogP contribution in [0.25, 0.3) is 6.08 Å². The summed E-state index contributed by atoms with van der Waals surface area (Å²) in [5, 5.41) is 3.93. The summed E-state index contributed by atoms with van der Waals surface area (Å²) < 4.78 is 18.8. The first-order chi connectivity index (χ1) is 9.24. The molecule has 0 aliphatic carbocycles. The predicted octanol–water partition coefficient (Wildman–Crippen LogP) is 3.94. The molecule has 0 spiro atoms. The molecule has 4 heteroatoms. The molecule has 2 aromatic rings. The van der Waals surface area contributed by atoms with Gasteiger partial charge < -0.3 is 4.74 Å². The molecule has 1 aliphatic rings. The molecular weight excluding hydrogens is 263 g/mol. The van der Waals surface area contributed by atoms with Gasteiger partial charge in [0.05, 0.1) is 12.2 Å². The van der Waals surface area contributed by atoms with Crippen LogP contribution in [0.2, 0.25) is 0 Å². The highest BCUT2D eigenvalue weighted by atomic mass is 32.1. The number of ketones is 1. The maximum Gasteiger partial charge on any atom is 0.192 e. The van der Waals surface area contributed by atoms with Crippen LogP contribution in [0, 0.1) is 5.82 Å². The average molecular weight is 274 g/mol. The minimum Gasteiger partial charge on any atom is -0.492 e. The van der Waals surface area contributed by atoms with E-state index in [1.165, 1.54) is 18.2 Å². The molecule has 96 valence electrons. The lowest BCUT2D eigenvalue weighted by atomic mass is 10.00. The van der Waals surface area contributed by atoms with Gasteiger partial charge in [0.2, 0.25) is 0 Å². The Morgan fingerprint density at radius 2 is 2.21 bits per heavy atom. The lowest BCUT2D eigenvalue weighted by molar-refractivity contribution is 0.103. The van der Waals surface area contributed by atoms with Crippen molar-refractivity contribution in [2.45, 2.75) is 6.42 Å². The molecule has 0 unspecified atom stereocenters. The van der Waals surface area contributed by atoms with Crippen LogP contribution in [0.4, 0.5) is 4.39 Å². The summed E-state index contributed by atoms with van der Waals surface area (Å²) in [5.74, 6) is -0.120. The van der Waals surface area contributed by atoms with Crippen molar-refractivity contribution in [3.8, 4) is 5.75 Å². The van der Waals surface area contributed by atoms with E-state index in [1.54, 1.807) is 11.3 Å². The van der Waals surface area contributed by atoms with Crippen LogP contribution in [0.5, 0.6) is 5.75 Å². The normalized spacial score (nSPS) is 16.9. The topological polar surface area (TPSA) is 26.3 Å². The van der Waals surface area contributed by atoms with Gasteiger partial charge in [0, 0.05) is 12.0 Å². The third kappa shape index (κ3) is 2.44. The van der Waals surface area contributed by atoms with Gasteiger partial charge in [0.25, 0.3) is 0 Å². The molecule has 19 heavy (non-hydrogen) atoms. The van der Waals surface area contributed by atoms with Gasteiger partial charge in [-0.1, -0.05) is 0 Å². The zero-order valence-corrected chi connectivity index (χ0v) is 10.9. The van der Waals surface area contributed by atoms with Gasteiger partial charge in [-0.2, -0.15) is 11.3 Å². The van der Waals surface area contributed by atoms with Crippen molar-refractivity contribution in [3.63, 3.8) is 0 Å². The molecule has 0 bridgehead atoms. The fourth-order valence-electron chi connectivity index (χ4n) is 2.06.